The summed E-state index contributed by atoms with van der Waals surface area (Å²) in [4.78, 5) is 9.59. The minimum Gasteiger partial charge on any atom is -0.469 e. The van der Waals surface area contributed by atoms with Crippen LogP contribution >= 0.6 is 0 Å². The van der Waals surface area contributed by atoms with Crippen LogP contribution in [0.3, 0.4) is 0 Å². The van der Waals surface area contributed by atoms with Crippen LogP contribution in [-0.2, 0) is 14.3 Å². The minimum atomic E-state index is -0.245. The molecule has 0 atom stereocenters. The topological polar surface area (TPSA) is 35.5 Å². The Morgan fingerprint density at radius 1 is 1.11 bits per heavy atom. The van der Waals surface area contributed by atoms with Crippen molar-refractivity contribution in [2.24, 2.45) is 11.8 Å². The molecule has 1 saturated carbocycles. The summed E-state index contributed by atoms with van der Waals surface area (Å²) in [6.45, 7) is 14.4. The molecule has 0 radical (unpaired) electrons. The summed E-state index contributed by atoms with van der Waals surface area (Å²) in [5.41, 5.74) is 0. The number of methoxy groups -OCH3 is 2. The number of carbonyl (C=O) groups excluding carboxylic acids is 1. The standard InChI is InChI=1S/C4H8.C4H10.C3H6O2.C3H8.C2H6O/c1-4-2-3-4;1-4(2)3;1-3(4)5-2;2*1-3-2/h4H,2-3H2,1H3;4H,1-3H3;1-2H3;3H2,1-2H3;1-2H3. The van der Waals surface area contributed by atoms with E-state index in [9.17, 15) is 4.79 Å². The number of ether oxygens (including phenoxy) is 2. The zero-order valence-electron chi connectivity index (χ0n) is 15.0. The Bertz CT molecular complexity index is 136. The molecule has 0 aromatic heterocycles. The van der Waals surface area contributed by atoms with Gasteiger partial charge in [-0.3, -0.25) is 4.79 Å². The first-order valence-electron chi connectivity index (χ1n) is 7.17. The molecule has 1 rings (SSSR count). The molecule has 0 spiro atoms. The van der Waals surface area contributed by atoms with Crippen LogP contribution in [0.4, 0.5) is 0 Å². The summed E-state index contributed by atoms with van der Waals surface area (Å²) in [7, 11) is 4.60. The van der Waals surface area contributed by atoms with Crippen LogP contribution in [0.5, 0.6) is 0 Å². The summed E-state index contributed by atoms with van der Waals surface area (Å²) in [5, 5.41) is 0. The lowest BCUT2D eigenvalue weighted by Crippen LogP contribution is -1.88. The minimum absolute atomic E-state index is 0.245. The van der Waals surface area contributed by atoms with Crippen molar-refractivity contribution in [1.82, 2.24) is 0 Å². The van der Waals surface area contributed by atoms with Gasteiger partial charge in [-0.1, -0.05) is 60.8 Å². The van der Waals surface area contributed by atoms with Crippen LogP contribution in [0.1, 0.15) is 67.7 Å². The van der Waals surface area contributed by atoms with Crippen LogP contribution in [0, 0.1) is 11.8 Å². The molecule has 0 aromatic rings. The number of esters is 1. The fraction of sp³-hybridized carbons (Fsp3) is 0.938. The van der Waals surface area contributed by atoms with Crippen molar-refractivity contribution in [3.8, 4) is 0 Å². The van der Waals surface area contributed by atoms with E-state index in [1.54, 1.807) is 14.2 Å². The third-order valence-corrected chi connectivity index (χ3v) is 1.15. The first-order chi connectivity index (χ1) is 8.72. The average Bonchev–Trinajstić information content (AvgIpc) is 3.03. The summed E-state index contributed by atoms with van der Waals surface area (Å²) in [5.74, 6) is 1.67. The average molecular weight is 278 g/mol. The Morgan fingerprint density at radius 3 is 1.21 bits per heavy atom. The Balaban J connectivity index is -0.0000000752. The molecule has 0 heterocycles. The van der Waals surface area contributed by atoms with Gasteiger partial charge in [0.05, 0.1) is 7.11 Å². The van der Waals surface area contributed by atoms with E-state index in [4.69, 9.17) is 0 Å². The fourth-order valence-electron chi connectivity index (χ4n) is 0.167. The van der Waals surface area contributed by atoms with Crippen molar-refractivity contribution in [3.63, 3.8) is 0 Å². The van der Waals surface area contributed by atoms with Gasteiger partial charge in [-0.2, -0.15) is 0 Å². The highest BCUT2D eigenvalue weighted by atomic mass is 16.5. The van der Waals surface area contributed by atoms with E-state index >= 15 is 0 Å². The molecule has 0 bridgehead atoms. The Kier molecular flexibility index (Phi) is 36.9. The van der Waals surface area contributed by atoms with Gasteiger partial charge in [-0.25, -0.2) is 0 Å². The molecular formula is C16H38O3. The number of hydrogen-bond donors (Lipinski definition) is 0. The smallest absolute Gasteiger partial charge is 0.302 e. The SMILES string of the molecule is CC(C)C.CC1CC1.CCC.COC.COC(C)=O. The monoisotopic (exact) mass is 278 g/mol. The molecule has 19 heavy (non-hydrogen) atoms. The van der Waals surface area contributed by atoms with Gasteiger partial charge >= 0.3 is 5.97 Å². The van der Waals surface area contributed by atoms with Gasteiger partial charge in [0.15, 0.2) is 0 Å². The molecule has 1 aliphatic carbocycles. The molecular weight excluding hydrogens is 240 g/mol. The molecule has 0 aromatic carbocycles. The van der Waals surface area contributed by atoms with Crippen molar-refractivity contribution in [2.45, 2.75) is 67.7 Å². The lowest BCUT2D eigenvalue weighted by Gasteiger charge is -1.80. The second-order valence-electron chi connectivity index (χ2n) is 5.23. The maximum atomic E-state index is 9.59. The predicted octanol–water partition coefficient (Wildman–Crippen LogP) is 4.94. The lowest BCUT2D eigenvalue weighted by atomic mass is 10.3. The molecule has 0 saturated heterocycles. The first kappa shape index (κ1) is 26.9. The maximum absolute atomic E-state index is 9.59. The molecule has 3 nitrogen and oxygen atoms in total. The van der Waals surface area contributed by atoms with Crippen molar-refractivity contribution < 1.29 is 14.3 Å². The van der Waals surface area contributed by atoms with Gasteiger partial charge in [-0.05, 0) is 11.8 Å². The summed E-state index contributed by atoms with van der Waals surface area (Å²) in [6.07, 6.45) is 4.22. The molecule has 1 fully saturated rings. The molecule has 3 heteroatoms. The van der Waals surface area contributed by atoms with E-state index in [-0.39, 0.29) is 5.97 Å². The van der Waals surface area contributed by atoms with Gasteiger partial charge in [0, 0.05) is 21.1 Å². The summed E-state index contributed by atoms with van der Waals surface area (Å²) >= 11 is 0. The van der Waals surface area contributed by atoms with E-state index in [1.165, 1.54) is 33.3 Å². The molecule has 120 valence electrons. The first-order valence-corrected chi connectivity index (χ1v) is 7.17. The predicted molar refractivity (Wildman–Crippen MR) is 85.5 cm³/mol. The van der Waals surface area contributed by atoms with E-state index in [2.05, 4.69) is 51.0 Å². The molecule has 0 unspecified atom stereocenters. The number of hydrogen-bond acceptors (Lipinski definition) is 3. The van der Waals surface area contributed by atoms with Crippen LogP contribution in [-0.4, -0.2) is 27.3 Å². The van der Waals surface area contributed by atoms with Crippen LogP contribution in [0.2, 0.25) is 0 Å². The fourth-order valence-corrected chi connectivity index (χ4v) is 0.167. The second-order valence-corrected chi connectivity index (χ2v) is 5.23. The summed E-state index contributed by atoms with van der Waals surface area (Å²) in [6, 6.07) is 0. The van der Waals surface area contributed by atoms with Gasteiger partial charge < -0.3 is 9.47 Å². The second kappa shape index (κ2) is 26.1. The van der Waals surface area contributed by atoms with Gasteiger partial charge in [-0.15, -0.1) is 0 Å². The van der Waals surface area contributed by atoms with Crippen molar-refractivity contribution in [3.05, 3.63) is 0 Å². The zero-order chi connectivity index (χ0) is 16.3. The van der Waals surface area contributed by atoms with E-state index in [0.717, 1.165) is 11.8 Å². The Morgan fingerprint density at radius 2 is 1.21 bits per heavy atom. The number of rotatable bonds is 0. The third-order valence-electron chi connectivity index (χ3n) is 1.15. The Hall–Kier alpha value is -0.570. The van der Waals surface area contributed by atoms with Crippen LogP contribution in [0.15, 0.2) is 0 Å². The summed E-state index contributed by atoms with van der Waals surface area (Å²) < 4.78 is 8.36. The molecule has 0 aliphatic heterocycles. The molecule has 0 N–H and O–H groups in total. The third kappa shape index (κ3) is 211. The quantitative estimate of drug-likeness (QED) is 0.589. The highest BCUT2D eigenvalue weighted by Crippen LogP contribution is 2.26. The van der Waals surface area contributed by atoms with E-state index < -0.39 is 0 Å². The largest absolute Gasteiger partial charge is 0.469 e. The van der Waals surface area contributed by atoms with Crippen molar-refractivity contribution in [2.75, 3.05) is 21.3 Å². The van der Waals surface area contributed by atoms with Gasteiger partial charge in [0.2, 0.25) is 0 Å². The maximum Gasteiger partial charge on any atom is 0.302 e. The molecule has 1 aliphatic rings. The normalized spacial score (nSPS) is 11.1. The zero-order valence-corrected chi connectivity index (χ0v) is 15.0. The van der Waals surface area contributed by atoms with Crippen LogP contribution < -0.4 is 0 Å². The van der Waals surface area contributed by atoms with Gasteiger partial charge in [0.25, 0.3) is 0 Å². The number of carbonyl (C=O) groups is 1. The van der Waals surface area contributed by atoms with Crippen LogP contribution in [0.25, 0.3) is 0 Å². The highest BCUT2D eigenvalue weighted by molar-refractivity contribution is 5.65. The van der Waals surface area contributed by atoms with E-state index in [1.807, 2.05) is 0 Å². The van der Waals surface area contributed by atoms with Gasteiger partial charge in [0.1, 0.15) is 0 Å². The van der Waals surface area contributed by atoms with E-state index in [0.29, 0.717) is 0 Å². The highest BCUT2D eigenvalue weighted by Gasteiger charge is 2.12. The molecule has 0 amide bonds. The Labute approximate surface area is 122 Å². The lowest BCUT2D eigenvalue weighted by molar-refractivity contribution is -0.137. The van der Waals surface area contributed by atoms with Crippen molar-refractivity contribution >= 4 is 5.97 Å². The van der Waals surface area contributed by atoms with Crippen molar-refractivity contribution in [1.29, 1.82) is 0 Å².